The summed E-state index contributed by atoms with van der Waals surface area (Å²) in [5.41, 5.74) is 27.8. The number of hydrogen-bond acceptors (Lipinski definition) is 2. The van der Waals surface area contributed by atoms with Crippen molar-refractivity contribution in [3.63, 3.8) is 0 Å². The Morgan fingerprint density at radius 1 is 0.416 bits per heavy atom. The van der Waals surface area contributed by atoms with Crippen LogP contribution in [-0.2, 0) is 22.7 Å². The Hall–Kier alpha value is -8.20. The summed E-state index contributed by atoms with van der Waals surface area (Å²) in [6.07, 6.45) is 1.01. The van der Waals surface area contributed by atoms with E-state index < -0.39 is 0 Å². The first kappa shape index (κ1) is 48.4. The summed E-state index contributed by atoms with van der Waals surface area (Å²) < 4.78 is 7.19. The molecule has 0 saturated carbocycles. The molecule has 0 spiro atoms. The van der Waals surface area contributed by atoms with Gasteiger partial charge in [0.25, 0.3) is 0 Å². The molecule has 378 valence electrons. The third-order valence-electron chi connectivity index (χ3n) is 16.9. The van der Waals surface area contributed by atoms with E-state index >= 15 is 0 Å². The molecule has 2 aliphatic carbocycles. The first-order valence-electron chi connectivity index (χ1n) is 27.6. The van der Waals surface area contributed by atoms with Crippen molar-refractivity contribution in [2.24, 2.45) is 5.41 Å². The van der Waals surface area contributed by atoms with Gasteiger partial charge in [-0.2, -0.15) is 0 Å². The molecule has 1 heterocycles. The molecule has 0 unspecified atom stereocenters. The molecular formula is C75H67NO. The van der Waals surface area contributed by atoms with Gasteiger partial charge in [-0.15, -0.1) is 0 Å². The summed E-state index contributed by atoms with van der Waals surface area (Å²) in [5, 5.41) is 2.22. The van der Waals surface area contributed by atoms with Gasteiger partial charge >= 0.3 is 0 Å². The fourth-order valence-corrected chi connectivity index (χ4v) is 13.1. The number of rotatable bonds is 8. The Balaban J connectivity index is 1.00. The standard InChI is InChI=1S/C75H67NO/c1-72(2,3)46-47-41-52(43-53(42-47)73(4,5)6)58-38-37-56(50-23-15-12-16-24-50)68-61-35-31-51(44-64(61)75(9,10)70(58)68)57-39-40-66(71-69(57)62-26-18-20-28-67(62)77-71)76(54-32-29-49(30-33-54)48-21-13-11-14-22-48)55-34-36-60-59-25-17-19-27-63(59)74(7,8)65(60)45-55/h11-45H,46H2,1-10H3. The topological polar surface area (TPSA) is 16.4 Å². The van der Waals surface area contributed by atoms with Crippen LogP contribution in [0.5, 0.6) is 0 Å². The van der Waals surface area contributed by atoms with Gasteiger partial charge in [-0.3, -0.25) is 0 Å². The maximum absolute atomic E-state index is 7.19. The number of benzene rings is 10. The van der Waals surface area contributed by atoms with Crippen molar-refractivity contribution in [3.8, 4) is 66.8 Å². The van der Waals surface area contributed by atoms with Crippen molar-refractivity contribution in [3.05, 3.63) is 246 Å². The largest absolute Gasteiger partial charge is 0.454 e. The van der Waals surface area contributed by atoms with E-state index in [0.717, 1.165) is 51.0 Å². The molecule has 0 saturated heterocycles. The van der Waals surface area contributed by atoms with Crippen LogP contribution in [0.1, 0.15) is 103 Å². The minimum atomic E-state index is -0.329. The highest BCUT2D eigenvalue weighted by atomic mass is 16.3. The molecule has 0 fully saturated rings. The van der Waals surface area contributed by atoms with E-state index in [1.165, 1.54) is 94.6 Å². The van der Waals surface area contributed by atoms with E-state index in [2.05, 4.69) is 286 Å². The number of hydrogen-bond donors (Lipinski definition) is 0. The molecular weight excluding hydrogens is 931 g/mol. The van der Waals surface area contributed by atoms with Crippen molar-refractivity contribution >= 4 is 39.0 Å². The zero-order valence-corrected chi connectivity index (χ0v) is 46.3. The zero-order chi connectivity index (χ0) is 53.2. The van der Waals surface area contributed by atoms with Crippen molar-refractivity contribution in [1.29, 1.82) is 0 Å². The summed E-state index contributed by atoms with van der Waals surface area (Å²) in [6, 6.07) is 79.3. The second-order valence-electron chi connectivity index (χ2n) is 25.2. The molecule has 0 bridgehead atoms. The molecule has 0 aliphatic heterocycles. The molecule has 2 aliphatic rings. The van der Waals surface area contributed by atoms with Crippen LogP contribution in [0.25, 0.3) is 88.7 Å². The van der Waals surface area contributed by atoms with Crippen molar-refractivity contribution in [2.75, 3.05) is 4.90 Å². The highest BCUT2D eigenvalue weighted by molar-refractivity contribution is 6.17. The van der Waals surface area contributed by atoms with Gasteiger partial charge in [-0.05, 0) is 160 Å². The molecule has 13 rings (SSSR count). The normalized spacial score (nSPS) is 14.1. The van der Waals surface area contributed by atoms with Crippen molar-refractivity contribution < 1.29 is 4.42 Å². The predicted octanol–water partition coefficient (Wildman–Crippen LogP) is 21.2. The lowest BCUT2D eigenvalue weighted by Crippen LogP contribution is -2.17. The van der Waals surface area contributed by atoms with Gasteiger partial charge in [0.15, 0.2) is 5.58 Å². The van der Waals surface area contributed by atoms with Crippen LogP contribution < -0.4 is 4.90 Å². The monoisotopic (exact) mass is 998 g/mol. The lowest BCUT2D eigenvalue weighted by Gasteiger charge is -2.29. The Morgan fingerprint density at radius 2 is 1.00 bits per heavy atom. The maximum atomic E-state index is 7.19. The Bertz CT molecular complexity index is 4120. The highest BCUT2D eigenvalue weighted by Crippen LogP contribution is 2.58. The summed E-state index contributed by atoms with van der Waals surface area (Å²) >= 11 is 0. The molecule has 0 atom stereocenters. The number of fused-ring (bicyclic) bond motifs is 9. The van der Waals surface area contributed by atoms with Gasteiger partial charge in [0.1, 0.15) is 5.58 Å². The fourth-order valence-electron chi connectivity index (χ4n) is 13.1. The fraction of sp³-hybridized carbons (Fsp3) is 0.200. The lowest BCUT2D eigenvalue weighted by molar-refractivity contribution is 0.410. The molecule has 0 radical (unpaired) electrons. The minimum absolute atomic E-state index is 0.00399. The molecule has 0 N–H and O–H groups in total. The molecule has 2 heteroatoms. The van der Waals surface area contributed by atoms with Gasteiger partial charge in [0.05, 0.1) is 5.69 Å². The van der Waals surface area contributed by atoms with E-state index in [0.29, 0.717) is 0 Å². The van der Waals surface area contributed by atoms with Gasteiger partial charge in [0, 0.05) is 33.0 Å². The lowest BCUT2D eigenvalue weighted by atomic mass is 9.76. The third kappa shape index (κ3) is 8.06. The van der Waals surface area contributed by atoms with Crippen molar-refractivity contribution in [1.82, 2.24) is 0 Å². The molecule has 10 aromatic carbocycles. The number of anilines is 3. The quantitative estimate of drug-likeness (QED) is 0.151. The smallest absolute Gasteiger partial charge is 0.160 e. The maximum Gasteiger partial charge on any atom is 0.160 e. The van der Waals surface area contributed by atoms with Crippen LogP contribution >= 0.6 is 0 Å². The molecule has 77 heavy (non-hydrogen) atoms. The first-order chi connectivity index (χ1) is 36.9. The van der Waals surface area contributed by atoms with E-state index in [-0.39, 0.29) is 21.7 Å². The van der Waals surface area contributed by atoms with E-state index in [4.69, 9.17) is 4.42 Å². The average Bonchev–Trinajstić information content (AvgIpc) is 4.26. The number of furan rings is 1. The second kappa shape index (κ2) is 17.7. The van der Waals surface area contributed by atoms with Crippen LogP contribution in [0.2, 0.25) is 0 Å². The van der Waals surface area contributed by atoms with E-state index in [9.17, 15) is 0 Å². The van der Waals surface area contributed by atoms with E-state index in [1.807, 2.05) is 0 Å². The van der Waals surface area contributed by atoms with Crippen LogP contribution in [-0.4, -0.2) is 0 Å². The summed E-state index contributed by atoms with van der Waals surface area (Å²) in [5.74, 6) is 0. The molecule has 2 nitrogen and oxygen atoms in total. The van der Waals surface area contributed by atoms with Crippen LogP contribution in [0.3, 0.4) is 0 Å². The average molecular weight is 998 g/mol. The molecule has 11 aromatic rings. The molecule has 0 amide bonds. The van der Waals surface area contributed by atoms with Crippen LogP contribution in [0, 0.1) is 5.41 Å². The van der Waals surface area contributed by atoms with E-state index in [1.54, 1.807) is 0 Å². The van der Waals surface area contributed by atoms with Crippen LogP contribution in [0.4, 0.5) is 17.1 Å². The van der Waals surface area contributed by atoms with Gasteiger partial charge in [-0.1, -0.05) is 239 Å². The number of nitrogens with zero attached hydrogens (tertiary/aromatic N) is 1. The van der Waals surface area contributed by atoms with Gasteiger partial charge in [-0.25, -0.2) is 0 Å². The SMILES string of the molecule is CC(C)(C)Cc1cc(-c2ccc(-c3ccccc3)c3c2C(C)(C)c2cc(-c4ccc(N(c5ccc(-c6ccccc6)cc5)c5ccc6c(c5)C(C)(C)c5ccccc5-6)c5oc6ccccc6c45)ccc2-3)cc(C(C)(C)C)c1. The summed E-state index contributed by atoms with van der Waals surface area (Å²) in [4.78, 5) is 2.42. The Kier molecular flexibility index (Phi) is 11.1. The van der Waals surface area contributed by atoms with Gasteiger partial charge < -0.3 is 9.32 Å². The first-order valence-corrected chi connectivity index (χ1v) is 27.6. The summed E-state index contributed by atoms with van der Waals surface area (Å²) in [7, 11) is 0. The van der Waals surface area contributed by atoms with Crippen molar-refractivity contribution in [2.45, 2.75) is 91.9 Å². The highest BCUT2D eigenvalue weighted by Gasteiger charge is 2.41. The molecule has 1 aromatic heterocycles. The minimum Gasteiger partial charge on any atom is -0.454 e. The second-order valence-corrected chi connectivity index (χ2v) is 25.2. The predicted molar refractivity (Wildman–Crippen MR) is 327 cm³/mol. The number of para-hydroxylation sites is 1. The Morgan fingerprint density at radius 3 is 1.74 bits per heavy atom. The zero-order valence-electron chi connectivity index (χ0n) is 46.3. The van der Waals surface area contributed by atoms with Crippen LogP contribution in [0.15, 0.2) is 217 Å². The summed E-state index contributed by atoms with van der Waals surface area (Å²) in [6.45, 7) is 23.7. The third-order valence-corrected chi connectivity index (χ3v) is 16.9. The van der Waals surface area contributed by atoms with Gasteiger partial charge in [0.2, 0.25) is 0 Å². The Labute approximate surface area is 455 Å².